The topological polar surface area (TPSA) is 21.3 Å². The highest BCUT2D eigenvalue weighted by Crippen LogP contribution is 2.28. The number of fused-ring (bicyclic) bond motifs is 1. The van der Waals surface area contributed by atoms with E-state index in [1.807, 2.05) is 12.1 Å². The van der Waals surface area contributed by atoms with Gasteiger partial charge in [-0.2, -0.15) is 0 Å². The van der Waals surface area contributed by atoms with Gasteiger partial charge in [0.15, 0.2) is 0 Å². The fraction of sp³-hybridized carbons (Fsp3) is 0.300. The second-order valence-electron chi connectivity index (χ2n) is 5.71. The Morgan fingerprint density at radius 3 is 2.64 bits per heavy atom. The van der Waals surface area contributed by atoms with Crippen molar-refractivity contribution in [3.63, 3.8) is 0 Å². The summed E-state index contributed by atoms with van der Waals surface area (Å²) in [5, 5.41) is 3.70. The molecule has 22 heavy (non-hydrogen) atoms. The number of ether oxygens (including phenoxy) is 1. The number of benzene rings is 2. The molecular weight excluding hydrogens is 270 g/mol. The van der Waals surface area contributed by atoms with Crippen molar-refractivity contribution in [2.75, 3.05) is 13.2 Å². The van der Waals surface area contributed by atoms with Gasteiger partial charge in [0.2, 0.25) is 0 Å². The molecule has 1 N–H and O–H groups in total. The minimum absolute atomic E-state index is 0.498. The van der Waals surface area contributed by atoms with Crippen molar-refractivity contribution in [1.29, 1.82) is 0 Å². The Kier molecular flexibility index (Phi) is 4.92. The van der Waals surface area contributed by atoms with Crippen LogP contribution in [0.5, 0.6) is 5.75 Å². The molecule has 2 aromatic rings. The summed E-state index contributed by atoms with van der Waals surface area (Å²) >= 11 is 0. The molecule has 3 rings (SSSR count). The van der Waals surface area contributed by atoms with E-state index < -0.39 is 0 Å². The number of hydrogen-bond donors (Lipinski definition) is 1. The second kappa shape index (κ2) is 7.28. The summed E-state index contributed by atoms with van der Waals surface area (Å²) in [5.74, 6) is 0.998. The van der Waals surface area contributed by atoms with Crippen molar-refractivity contribution in [2.24, 2.45) is 0 Å². The zero-order valence-electron chi connectivity index (χ0n) is 13.1. The van der Waals surface area contributed by atoms with Crippen LogP contribution in [0.4, 0.5) is 0 Å². The van der Waals surface area contributed by atoms with Gasteiger partial charge < -0.3 is 10.1 Å². The summed E-state index contributed by atoms with van der Waals surface area (Å²) in [7, 11) is 0. The molecule has 0 amide bonds. The third-order valence-electron chi connectivity index (χ3n) is 4.20. The van der Waals surface area contributed by atoms with Gasteiger partial charge in [0.05, 0.1) is 0 Å². The lowest BCUT2D eigenvalue weighted by Crippen LogP contribution is -2.32. The minimum atomic E-state index is 0.498. The van der Waals surface area contributed by atoms with E-state index in [1.165, 1.54) is 16.7 Å². The molecule has 0 saturated heterocycles. The predicted molar refractivity (Wildman–Crippen MR) is 92.1 cm³/mol. The van der Waals surface area contributed by atoms with Crippen LogP contribution in [0.25, 0.3) is 5.57 Å². The molecule has 2 aromatic carbocycles. The van der Waals surface area contributed by atoms with Crippen molar-refractivity contribution >= 4 is 5.57 Å². The lowest BCUT2D eigenvalue weighted by molar-refractivity contribution is 0.356. The van der Waals surface area contributed by atoms with Crippen LogP contribution >= 0.6 is 0 Å². The van der Waals surface area contributed by atoms with Gasteiger partial charge in [0.1, 0.15) is 12.4 Å². The second-order valence-corrected chi connectivity index (χ2v) is 5.71. The van der Waals surface area contributed by atoms with Crippen LogP contribution in [0.1, 0.15) is 24.5 Å². The van der Waals surface area contributed by atoms with Crippen molar-refractivity contribution in [3.8, 4) is 5.75 Å². The Balaban J connectivity index is 1.62. The third kappa shape index (κ3) is 3.58. The number of para-hydroxylation sites is 1. The van der Waals surface area contributed by atoms with E-state index in [0.717, 1.165) is 25.1 Å². The van der Waals surface area contributed by atoms with Crippen molar-refractivity contribution in [1.82, 2.24) is 5.32 Å². The summed E-state index contributed by atoms with van der Waals surface area (Å²) in [4.78, 5) is 0. The van der Waals surface area contributed by atoms with Gasteiger partial charge in [-0.15, -0.1) is 0 Å². The molecule has 0 bridgehead atoms. The van der Waals surface area contributed by atoms with Gasteiger partial charge in [-0.1, -0.05) is 55.5 Å². The van der Waals surface area contributed by atoms with Crippen molar-refractivity contribution < 1.29 is 4.74 Å². The fourth-order valence-corrected chi connectivity index (χ4v) is 2.88. The Hall–Kier alpha value is -2.06. The molecule has 2 heteroatoms. The van der Waals surface area contributed by atoms with Crippen LogP contribution < -0.4 is 10.1 Å². The SMILES string of the molecule is CCC(Cc1ccccc1)NCC1=CCOc2ccccc21. The number of rotatable bonds is 6. The predicted octanol–water partition coefficient (Wildman–Crippen LogP) is 4.07. The van der Waals surface area contributed by atoms with E-state index in [0.29, 0.717) is 12.6 Å². The summed E-state index contributed by atoms with van der Waals surface area (Å²) in [6, 6.07) is 19.5. The maximum atomic E-state index is 5.68. The van der Waals surface area contributed by atoms with Crippen molar-refractivity contribution in [3.05, 3.63) is 71.8 Å². The van der Waals surface area contributed by atoms with Gasteiger partial charge in [-0.05, 0) is 36.1 Å². The monoisotopic (exact) mass is 293 g/mol. The van der Waals surface area contributed by atoms with Gasteiger partial charge in [0.25, 0.3) is 0 Å². The zero-order valence-corrected chi connectivity index (χ0v) is 13.1. The van der Waals surface area contributed by atoms with Crippen LogP contribution in [0.3, 0.4) is 0 Å². The van der Waals surface area contributed by atoms with E-state index in [4.69, 9.17) is 4.74 Å². The summed E-state index contributed by atoms with van der Waals surface area (Å²) in [5.41, 5.74) is 3.95. The molecule has 1 aliphatic rings. The minimum Gasteiger partial charge on any atom is -0.489 e. The van der Waals surface area contributed by atoms with E-state index in [1.54, 1.807) is 0 Å². The van der Waals surface area contributed by atoms with Crippen molar-refractivity contribution in [2.45, 2.75) is 25.8 Å². The Labute approximate surface area is 132 Å². The van der Waals surface area contributed by atoms with Crippen LogP contribution in [-0.2, 0) is 6.42 Å². The normalized spacial score (nSPS) is 14.7. The maximum Gasteiger partial charge on any atom is 0.127 e. The van der Waals surface area contributed by atoms with Crippen LogP contribution in [-0.4, -0.2) is 19.2 Å². The van der Waals surface area contributed by atoms with Crippen LogP contribution in [0.15, 0.2) is 60.7 Å². The lowest BCUT2D eigenvalue weighted by atomic mass is 10.0. The average Bonchev–Trinajstić information content (AvgIpc) is 2.59. The molecule has 0 spiro atoms. The molecule has 1 aliphatic heterocycles. The van der Waals surface area contributed by atoms with Gasteiger partial charge in [0, 0.05) is 18.2 Å². The van der Waals surface area contributed by atoms with Crippen LogP contribution in [0, 0.1) is 0 Å². The molecule has 1 heterocycles. The summed E-state index contributed by atoms with van der Waals surface area (Å²) in [6.45, 7) is 3.81. The third-order valence-corrected chi connectivity index (χ3v) is 4.20. The molecule has 1 atom stereocenters. The van der Waals surface area contributed by atoms with E-state index in [9.17, 15) is 0 Å². The summed E-state index contributed by atoms with van der Waals surface area (Å²) in [6.07, 6.45) is 4.38. The molecule has 0 radical (unpaired) electrons. The maximum absolute atomic E-state index is 5.68. The molecule has 0 saturated carbocycles. The molecule has 0 aliphatic carbocycles. The Bertz CT molecular complexity index is 633. The highest BCUT2D eigenvalue weighted by Gasteiger charge is 2.14. The fourth-order valence-electron chi connectivity index (χ4n) is 2.88. The Morgan fingerprint density at radius 1 is 1.05 bits per heavy atom. The highest BCUT2D eigenvalue weighted by atomic mass is 16.5. The molecule has 114 valence electrons. The number of nitrogens with one attached hydrogen (secondary N) is 1. The summed E-state index contributed by atoms with van der Waals surface area (Å²) < 4.78 is 5.68. The number of hydrogen-bond acceptors (Lipinski definition) is 2. The lowest BCUT2D eigenvalue weighted by Gasteiger charge is -2.22. The first-order valence-corrected chi connectivity index (χ1v) is 8.05. The molecular formula is C20H23NO. The van der Waals surface area contributed by atoms with Crippen LogP contribution in [0.2, 0.25) is 0 Å². The molecule has 0 aromatic heterocycles. The van der Waals surface area contributed by atoms with Gasteiger partial charge in [-0.3, -0.25) is 0 Å². The van der Waals surface area contributed by atoms with E-state index in [-0.39, 0.29) is 0 Å². The largest absolute Gasteiger partial charge is 0.489 e. The zero-order chi connectivity index (χ0) is 15.2. The highest BCUT2D eigenvalue weighted by molar-refractivity contribution is 5.73. The Morgan fingerprint density at radius 2 is 1.82 bits per heavy atom. The molecule has 2 nitrogen and oxygen atoms in total. The van der Waals surface area contributed by atoms with Gasteiger partial charge in [-0.25, -0.2) is 0 Å². The van der Waals surface area contributed by atoms with E-state index >= 15 is 0 Å². The standard InChI is InChI=1S/C20H23NO/c1-2-18(14-16-8-4-3-5-9-16)21-15-17-12-13-22-20-11-7-6-10-19(17)20/h3-12,18,21H,2,13-15H2,1H3. The first kappa shape index (κ1) is 14.9. The first-order chi connectivity index (χ1) is 10.9. The van der Waals surface area contributed by atoms with Gasteiger partial charge >= 0.3 is 0 Å². The molecule has 0 fully saturated rings. The first-order valence-electron chi connectivity index (χ1n) is 8.05. The quantitative estimate of drug-likeness (QED) is 0.866. The molecule has 1 unspecified atom stereocenters. The van der Waals surface area contributed by atoms with E-state index in [2.05, 4.69) is 60.8 Å². The average molecular weight is 293 g/mol. The smallest absolute Gasteiger partial charge is 0.127 e.